The van der Waals surface area contributed by atoms with Crippen molar-refractivity contribution < 1.29 is 19.0 Å². The Labute approximate surface area is 160 Å². The Morgan fingerprint density at radius 1 is 1.15 bits per heavy atom. The van der Waals surface area contributed by atoms with E-state index in [4.69, 9.17) is 32.7 Å². The van der Waals surface area contributed by atoms with Crippen molar-refractivity contribution in [1.82, 2.24) is 0 Å². The number of amidine groups is 1. The molecule has 1 atom stereocenters. The summed E-state index contributed by atoms with van der Waals surface area (Å²) >= 11 is 6.12. The van der Waals surface area contributed by atoms with E-state index < -0.39 is 10.6 Å². The maximum absolute atomic E-state index is 12.9. The quantitative estimate of drug-likeness (QED) is 0.465. The molecule has 138 valence electrons. The first-order valence-electron chi connectivity index (χ1n) is 8.22. The minimum atomic E-state index is -0.997. The van der Waals surface area contributed by atoms with Crippen LogP contribution in [0.1, 0.15) is 21.5 Å². The van der Waals surface area contributed by atoms with Gasteiger partial charge in [-0.3, -0.25) is 0 Å². The molecule has 2 aromatic rings. The largest absolute Gasteiger partial charge is 0.486 e. The number of nitrogens with zero attached hydrogens (tertiary/aromatic N) is 3. The number of rotatable bonds is 2. The lowest BCUT2D eigenvalue weighted by Gasteiger charge is -2.18. The predicted octanol–water partition coefficient (Wildman–Crippen LogP) is 1.94. The first-order chi connectivity index (χ1) is 12.9. The second-order valence-corrected chi connectivity index (χ2v) is 6.61. The number of ether oxygens (including phenoxy) is 2. The number of benzene rings is 2. The molecule has 0 bridgehead atoms. The molecule has 8 nitrogen and oxygen atoms in total. The van der Waals surface area contributed by atoms with E-state index >= 15 is 0 Å². The number of guanidine groups is 1. The fourth-order valence-electron chi connectivity index (χ4n) is 2.78. The summed E-state index contributed by atoms with van der Waals surface area (Å²) in [6.07, 6.45) is 0. The molecular formula is C18H17ClN5O3+. The lowest BCUT2D eigenvalue weighted by atomic mass is 10.1. The number of aliphatic imine (C=N–C) groups is 1. The number of hydrogen-bond donors (Lipinski definition) is 2. The lowest BCUT2D eigenvalue weighted by Crippen LogP contribution is -2.60. The summed E-state index contributed by atoms with van der Waals surface area (Å²) in [5, 5.41) is 4.72. The van der Waals surface area contributed by atoms with Crippen molar-refractivity contribution in [2.24, 2.45) is 21.7 Å². The Morgan fingerprint density at radius 2 is 1.89 bits per heavy atom. The number of nitrogens with two attached hydrogens (primary N) is 2. The van der Waals surface area contributed by atoms with Crippen LogP contribution in [-0.2, 0) is 0 Å². The molecule has 2 aromatic carbocycles. The highest BCUT2D eigenvalue weighted by atomic mass is 35.5. The van der Waals surface area contributed by atoms with Crippen LogP contribution in [0.3, 0.4) is 0 Å². The van der Waals surface area contributed by atoms with Crippen LogP contribution in [-0.4, -0.2) is 35.6 Å². The van der Waals surface area contributed by atoms with Crippen LogP contribution < -0.4 is 21.1 Å². The van der Waals surface area contributed by atoms with Crippen LogP contribution >= 0.6 is 11.6 Å². The standard InChI is InChI=1S/C18H17ClN5O3/c1-10-2-3-12(8-13(10)19)17(25)24(21)18(20)22-16(23-24)11-4-5-14-15(9-11)27-7-6-26-14/h2-5,8-9H,6-7,21H2,1H3,(H2,20,22,23)/q+1. The van der Waals surface area contributed by atoms with Crippen LogP contribution in [0.2, 0.25) is 5.02 Å². The molecule has 2 aliphatic heterocycles. The molecule has 0 saturated heterocycles. The average Bonchev–Trinajstić information content (AvgIpc) is 2.99. The van der Waals surface area contributed by atoms with Gasteiger partial charge in [-0.2, -0.15) is 0 Å². The molecule has 0 spiro atoms. The highest BCUT2D eigenvalue weighted by molar-refractivity contribution is 6.31. The maximum Gasteiger partial charge on any atom is 0.399 e. The zero-order valence-electron chi connectivity index (χ0n) is 14.5. The fourth-order valence-corrected chi connectivity index (χ4v) is 2.97. The van der Waals surface area contributed by atoms with Gasteiger partial charge in [0.1, 0.15) is 13.2 Å². The number of hydrogen-bond acceptors (Lipinski definition) is 7. The average molecular weight is 387 g/mol. The number of aryl methyl sites for hydroxylation is 1. The Balaban J connectivity index is 1.70. The van der Waals surface area contributed by atoms with Crippen LogP contribution in [0.5, 0.6) is 11.5 Å². The van der Waals surface area contributed by atoms with Gasteiger partial charge in [0.25, 0.3) is 0 Å². The zero-order chi connectivity index (χ0) is 19.2. The van der Waals surface area contributed by atoms with Crippen LogP contribution in [0.15, 0.2) is 46.5 Å². The number of fused-ring (bicyclic) bond motifs is 1. The van der Waals surface area contributed by atoms with E-state index in [9.17, 15) is 4.79 Å². The first kappa shape index (κ1) is 17.5. The summed E-state index contributed by atoms with van der Waals surface area (Å²) < 4.78 is 10.1. The fraction of sp³-hybridized carbons (Fsp3) is 0.167. The highest BCUT2D eigenvalue weighted by Gasteiger charge is 2.46. The predicted molar refractivity (Wildman–Crippen MR) is 101 cm³/mol. The van der Waals surface area contributed by atoms with E-state index in [0.29, 0.717) is 40.9 Å². The van der Waals surface area contributed by atoms with Crippen LogP contribution in [0, 0.1) is 6.92 Å². The zero-order valence-corrected chi connectivity index (χ0v) is 15.2. The molecule has 0 radical (unpaired) electrons. The molecule has 4 N–H and O–H groups in total. The first-order valence-corrected chi connectivity index (χ1v) is 8.60. The summed E-state index contributed by atoms with van der Waals surface area (Å²) in [6, 6.07) is 10.1. The molecule has 2 heterocycles. The molecule has 9 heteroatoms. The normalized spacial score (nSPS) is 20.9. The van der Waals surface area contributed by atoms with Gasteiger partial charge >= 0.3 is 11.9 Å². The van der Waals surface area contributed by atoms with Gasteiger partial charge in [0.2, 0.25) is 5.84 Å². The minimum Gasteiger partial charge on any atom is -0.486 e. The smallest absolute Gasteiger partial charge is 0.399 e. The summed E-state index contributed by atoms with van der Waals surface area (Å²) in [7, 11) is 0. The summed E-state index contributed by atoms with van der Waals surface area (Å²) in [6.45, 7) is 2.79. The van der Waals surface area contributed by atoms with Crippen molar-refractivity contribution in [3.8, 4) is 11.5 Å². The van der Waals surface area contributed by atoms with Crippen molar-refractivity contribution in [2.45, 2.75) is 6.92 Å². The second-order valence-electron chi connectivity index (χ2n) is 6.21. The van der Waals surface area contributed by atoms with Gasteiger partial charge in [0, 0.05) is 15.3 Å². The van der Waals surface area contributed by atoms with Crippen LogP contribution in [0.4, 0.5) is 0 Å². The molecule has 1 unspecified atom stereocenters. The minimum absolute atomic E-state index is 0.137. The van der Waals surface area contributed by atoms with Gasteiger partial charge in [-0.05, 0) is 47.9 Å². The van der Waals surface area contributed by atoms with E-state index in [1.54, 1.807) is 30.3 Å². The van der Waals surface area contributed by atoms with Gasteiger partial charge in [-0.25, -0.2) is 4.79 Å². The monoisotopic (exact) mass is 386 g/mol. The van der Waals surface area contributed by atoms with E-state index in [-0.39, 0.29) is 11.8 Å². The van der Waals surface area contributed by atoms with E-state index in [2.05, 4.69) is 10.1 Å². The summed E-state index contributed by atoms with van der Waals surface area (Å²) in [4.78, 5) is 17.1. The number of carbonyl (C=O) groups is 1. The second kappa shape index (κ2) is 6.34. The van der Waals surface area contributed by atoms with Gasteiger partial charge in [-0.1, -0.05) is 17.7 Å². The van der Waals surface area contributed by atoms with Crippen molar-refractivity contribution in [3.63, 3.8) is 0 Å². The molecule has 0 aliphatic carbocycles. The van der Waals surface area contributed by atoms with Crippen molar-refractivity contribution in [2.75, 3.05) is 13.2 Å². The van der Waals surface area contributed by atoms with Gasteiger partial charge in [0.05, 0.1) is 5.56 Å². The Kier molecular flexibility index (Phi) is 4.11. The Hall–Kier alpha value is -2.94. The molecule has 2 aliphatic rings. The molecular weight excluding hydrogens is 370 g/mol. The molecule has 4 rings (SSSR count). The van der Waals surface area contributed by atoms with Gasteiger partial charge < -0.3 is 15.2 Å². The number of quaternary nitrogens is 1. The van der Waals surface area contributed by atoms with E-state index in [1.807, 2.05) is 6.92 Å². The lowest BCUT2D eigenvalue weighted by molar-refractivity contribution is -0.774. The number of amides is 1. The highest BCUT2D eigenvalue weighted by Crippen LogP contribution is 2.32. The van der Waals surface area contributed by atoms with Gasteiger partial charge in [0.15, 0.2) is 11.5 Å². The SMILES string of the molecule is Cc1ccc(C(=O)[N+]2(N)N=C(c3ccc4c(c3)OCCO4)N=C2N)cc1Cl. The molecule has 0 aromatic heterocycles. The Morgan fingerprint density at radius 3 is 2.63 bits per heavy atom. The third kappa shape index (κ3) is 2.93. The van der Waals surface area contributed by atoms with Crippen LogP contribution in [0.25, 0.3) is 0 Å². The molecule has 0 fully saturated rings. The third-order valence-corrected chi connectivity index (χ3v) is 4.76. The molecule has 0 saturated carbocycles. The number of carbonyl (C=O) groups excluding carboxylic acids is 1. The van der Waals surface area contributed by atoms with Crippen molar-refractivity contribution in [1.29, 1.82) is 0 Å². The van der Waals surface area contributed by atoms with Gasteiger partial charge in [-0.15, -0.1) is 10.8 Å². The third-order valence-electron chi connectivity index (χ3n) is 4.35. The van der Waals surface area contributed by atoms with Crippen molar-refractivity contribution >= 4 is 29.3 Å². The topological polar surface area (TPSA) is 112 Å². The van der Waals surface area contributed by atoms with Crippen molar-refractivity contribution in [3.05, 3.63) is 58.1 Å². The maximum atomic E-state index is 12.9. The number of halogens is 1. The van der Waals surface area contributed by atoms with E-state index in [0.717, 1.165) is 5.56 Å². The summed E-state index contributed by atoms with van der Waals surface area (Å²) in [5.41, 5.74) is 7.71. The molecule has 27 heavy (non-hydrogen) atoms. The molecule has 1 amide bonds. The van der Waals surface area contributed by atoms with E-state index in [1.165, 1.54) is 6.07 Å². The summed E-state index contributed by atoms with van der Waals surface area (Å²) in [5.74, 6) is 6.95. The Bertz CT molecular complexity index is 1020.